The molecule has 138 valence electrons. The second kappa shape index (κ2) is 7.62. The third kappa shape index (κ3) is 3.63. The highest BCUT2D eigenvalue weighted by atomic mass is 32.1. The number of nitrogens with one attached hydrogen (secondary N) is 1. The van der Waals surface area contributed by atoms with Gasteiger partial charge in [-0.1, -0.05) is 24.3 Å². The van der Waals surface area contributed by atoms with Crippen LogP contribution in [-0.4, -0.2) is 21.5 Å². The third-order valence-corrected chi connectivity index (χ3v) is 5.16. The molecule has 4 aromatic rings. The van der Waals surface area contributed by atoms with E-state index in [1.807, 2.05) is 47.8 Å². The van der Waals surface area contributed by atoms with Crippen molar-refractivity contribution in [3.8, 4) is 16.3 Å². The fourth-order valence-electron chi connectivity index (χ4n) is 2.84. The average Bonchev–Trinajstić information content (AvgIpc) is 3.39. The van der Waals surface area contributed by atoms with Crippen molar-refractivity contribution in [2.75, 3.05) is 5.32 Å². The predicted molar refractivity (Wildman–Crippen MR) is 111 cm³/mol. The van der Waals surface area contributed by atoms with Gasteiger partial charge in [-0.25, -0.2) is 4.68 Å². The Kier molecular flexibility index (Phi) is 4.87. The summed E-state index contributed by atoms with van der Waals surface area (Å²) in [6, 6.07) is 20.4. The number of rotatable bonds is 5. The number of carbonyl (C=O) groups excluding carboxylic acids is 2. The lowest BCUT2D eigenvalue weighted by molar-refractivity contribution is 0.101. The van der Waals surface area contributed by atoms with Crippen molar-refractivity contribution < 1.29 is 9.59 Å². The van der Waals surface area contributed by atoms with Gasteiger partial charge in [0, 0.05) is 17.4 Å². The zero-order valence-electron chi connectivity index (χ0n) is 15.1. The molecule has 0 aliphatic carbocycles. The molecule has 0 unspecified atom stereocenters. The molecule has 0 spiro atoms. The van der Waals surface area contributed by atoms with Crippen molar-refractivity contribution in [3.05, 3.63) is 89.4 Å². The van der Waals surface area contributed by atoms with E-state index in [2.05, 4.69) is 10.4 Å². The number of benzene rings is 2. The van der Waals surface area contributed by atoms with E-state index in [0.29, 0.717) is 22.5 Å². The summed E-state index contributed by atoms with van der Waals surface area (Å²) in [6.07, 6.45) is 1.74. The largest absolute Gasteiger partial charge is 0.322 e. The fraction of sp³-hybridized carbons (Fsp3) is 0.0455. The Bertz CT molecular complexity index is 1110. The van der Waals surface area contributed by atoms with E-state index in [-0.39, 0.29) is 11.7 Å². The quantitative estimate of drug-likeness (QED) is 0.487. The molecule has 0 saturated carbocycles. The number of nitrogens with zero attached hydrogens (tertiary/aromatic N) is 2. The van der Waals surface area contributed by atoms with Crippen molar-refractivity contribution >= 4 is 28.7 Å². The SMILES string of the molecule is CC(=O)c1ccc(NC(=O)c2cn(-c3ccccc3)nc2-c2cccs2)cc1. The number of para-hydroxylation sites is 1. The Morgan fingerprint density at radius 3 is 2.36 bits per heavy atom. The van der Waals surface area contributed by atoms with Gasteiger partial charge in [-0.3, -0.25) is 9.59 Å². The zero-order chi connectivity index (χ0) is 19.5. The number of amides is 1. The molecule has 0 saturated heterocycles. The van der Waals surface area contributed by atoms with Crippen LogP contribution in [0.15, 0.2) is 78.3 Å². The number of Topliss-reactive ketones (excluding diaryl/α,β-unsaturated/α-hetero) is 1. The summed E-state index contributed by atoms with van der Waals surface area (Å²) < 4.78 is 1.71. The Labute approximate surface area is 166 Å². The van der Waals surface area contributed by atoms with E-state index in [9.17, 15) is 9.59 Å². The van der Waals surface area contributed by atoms with Gasteiger partial charge in [0.05, 0.1) is 16.1 Å². The van der Waals surface area contributed by atoms with Crippen LogP contribution in [0.3, 0.4) is 0 Å². The number of anilines is 1. The van der Waals surface area contributed by atoms with Crippen LogP contribution < -0.4 is 5.32 Å². The monoisotopic (exact) mass is 387 g/mol. The van der Waals surface area contributed by atoms with Crippen LogP contribution in [-0.2, 0) is 0 Å². The standard InChI is InChI=1S/C22H17N3O2S/c1-15(26)16-9-11-17(12-10-16)23-22(27)19-14-25(18-6-3-2-4-7-18)24-21(19)20-8-5-13-28-20/h2-14H,1H3,(H,23,27). The second-order valence-corrected chi connectivity index (χ2v) is 7.18. The lowest BCUT2D eigenvalue weighted by Crippen LogP contribution is -2.12. The lowest BCUT2D eigenvalue weighted by Gasteiger charge is -2.05. The summed E-state index contributed by atoms with van der Waals surface area (Å²) in [5.74, 6) is -0.261. The van der Waals surface area contributed by atoms with Gasteiger partial charge in [0.2, 0.25) is 0 Å². The molecule has 2 aromatic heterocycles. The third-order valence-electron chi connectivity index (χ3n) is 4.28. The van der Waals surface area contributed by atoms with Gasteiger partial charge in [-0.2, -0.15) is 5.10 Å². The summed E-state index contributed by atoms with van der Waals surface area (Å²) >= 11 is 1.53. The first kappa shape index (κ1) is 17.9. The molecule has 1 amide bonds. The first-order valence-corrected chi connectivity index (χ1v) is 9.61. The van der Waals surface area contributed by atoms with E-state index < -0.39 is 0 Å². The van der Waals surface area contributed by atoms with Crippen molar-refractivity contribution in [2.24, 2.45) is 0 Å². The molecule has 0 bridgehead atoms. The highest BCUT2D eigenvalue weighted by Gasteiger charge is 2.19. The van der Waals surface area contributed by atoms with Gasteiger partial charge < -0.3 is 5.32 Å². The summed E-state index contributed by atoms with van der Waals surface area (Å²) in [4.78, 5) is 25.3. The maximum absolute atomic E-state index is 13.0. The molecule has 2 heterocycles. The van der Waals surface area contributed by atoms with E-state index in [1.54, 1.807) is 35.1 Å². The molecule has 0 atom stereocenters. The van der Waals surface area contributed by atoms with E-state index >= 15 is 0 Å². The number of aromatic nitrogens is 2. The normalized spacial score (nSPS) is 10.6. The van der Waals surface area contributed by atoms with Crippen LogP contribution in [0.2, 0.25) is 0 Å². The summed E-state index contributed by atoms with van der Waals surface area (Å²) in [7, 11) is 0. The fourth-order valence-corrected chi connectivity index (χ4v) is 3.56. The topological polar surface area (TPSA) is 64.0 Å². The number of thiophene rings is 1. The molecule has 2 aromatic carbocycles. The van der Waals surface area contributed by atoms with Crippen LogP contribution in [0.4, 0.5) is 5.69 Å². The molecular weight excluding hydrogens is 370 g/mol. The maximum atomic E-state index is 13.0. The number of hydrogen-bond donors (Lipinski definition) is 1. The second-order valence-electron chi connectivity index (χ2n) is 6.24. The van der Waals surface area contributed by atoms with Crippen LogP contribution >= 0.6 is 11.3 Å². The van der Waals surface area contributed by atoms with E-state index in [0.717, 1.165) is 10.6 Å². The summed E-state index contributed by atoms with van der Waals surface area (Å²) in [6.45, 7) is 1.51. The highest BCUT2D eigenvalue weighted by Crippen LogP contribution is 2.28. The molecule has 6 heteroatoms. The lowest BCUT2D eigenvalue weighted by atomic mass is 10.1. The van der Waals surface area contributed by atoms with Crippen molar-refractivity contribution in [1.82, 2.24) is 9.78 Å². The van der Waals surface area contributed by atoms with Crippen molar-refractivity contribution in [1.29, 1.82) is 0 Å². The van der Waals surface area contributed by atoms with Crippen LogP contribution in [0.5, 0.6) is 0 Å². The Hall–Kier alpha value is -3.51. The van der Waals surface area contributed by atoms with Gasteiger partial charge in [0.1, 0.15) is 5.69 Å². The molecular formula is C22H17N3O2S. The smallest absolute Gasteiger partial charge is 0.259 e. The van der Waals surface area contributed by atoms with Gasteiger partial charge in [-0.15, -0.1) is 11.3 Å². The molecule has 1 N–H and O–H groups in total. The molecule has 0 aliphatic rings. The van der Waals surface area contributed by atoms with E-state index in [4.69, 9.17) is 0 Å². The van der Waals surface area contributed by atoms with Crippen LogP contribution in [0.25, 0.3) is 16.3 Å². The summed E-state index contributed by atoms with van der Waals surface area (Å²) in [5, 5.41) is 9.49. The van der Waals surface area contributed by atoms with Crippen molar-refractivity contribution in [2.45, 2.75) is 6.92 Å². The maximum Gasteiger partial charge on any atom is 0.259 e. The first-order chi connectivity index (χ1) is 13.6. The average molecular weight is 387 g/mol. The minimum absolute atomic E-state index is 0.0120. The van der Waals surface area contributed by atoms with Crippen molar-refractivity contribution in [3.63, 3.8) is 0 Å². The first-order valence-electron chi connectivity index (χ1n) is 8.73. The molecule has 0 fully saturated rings. The minimum atomic E-state index is -0.249. The Morgan fingerprint density at radius 2 is 1.71 bits per heavy atom. The Morgan fingerprint density at radius 1 is 0.964 bits per heavy atom. The van der Waals surface area contributed by atoms with Crippen LogP contribution in [0, 0.1) is 0 Å². The highest BCUT2D eigenvalue weighted by molar-refractivity contribution is 7.13. The van der Waals surface area contributed by atoms with Crippen LogP contribution in [0.1, 0.15) is 27.6 Å². The molecule has 4 rings (SSSR count). The van der Waals surface area contributed by atoms with E-state index in [1.165, 1.54) is 18.3 Å². The number of ketones is 1. The van der Waals surface area contributed by atoms with Gasteiger partial charge >= 0.3 is 0 Å². The zero-order valence-corrected chi connectivity index (χ0v) is 15.9. The van der Waals surface area contributed by atoms with Gasteiger partial charge in [0.15, 0.2) is 5.78 Å². The minimum Gasteiger partial charge on any atom is -0.322 e. The van der Waals surface area contributed by atoms with Gasteiger partial charge in [0.25, 0.3) is 5.91 Å². The molecule has 0 radical (unpaired) electrons. The predicted octanol–water partition coefficient (Wildman–Crippen LogP) is 5.06. The summed E-state index contributed by atoms with van der Waals surface area (Å²) in [5.41, 5.74) is 3.23. The number of hydrogen-bond acceptors (Lipinski definition) is 4. The Balaban J connectivity index is 1.68. The molecule has 0 aliphatic heterocycles. The molecule has 28 heavy (non-hydrogen) atoms. The number of carbonyl (C=O) groups is 2. The molecule has 5 nitrogen and oxygen atoms in total. The van der Waals surface area contributed by atoms with Gasteiger partial charge in [-0.05, 0) is 54.8 Å².